The number of hydrogen-bond acceptors (Lipinski definition) is 4. The molecule has 4 nitrogen and oxygen atoms in total. The lowest BCUT2D eigenvalue weighted by atomic mass is 10.0. The second-order valence-electron chi connectivity index (χ2n) is 5.16. The van der Waals surface area contributed by atoms with Crippen molar-refractivity contribution >= 4 is 21.9 Å². The van der Waals surface area contributed by atoms with Gasteiger partial charge in [0, 0.05) is 6.42 Å². The van der Waals surface area contributed by atoms with Gasteiger partial charge < -0.3 is 14.6 Å². The largest absolute Gasteiger partial charge is 0.507 e. The van der Waals surface area contributed by atoms with E-state index in [2.05, 4.69) is 15.9 Å². The van der Waals surface area contributed by atoms with Crippen molar-refractivity contribution in [3.63, 3.8) is 0 Å². The van der Waals surface area contributed by atoms with Crippen LogP contribution in [0.25, 0.3) is 11.1 Å². The minimum Gasteiger partial charge on any atom is -0.507 e. The number of phenolic OH excluding ortho intramolecular Hbond substituents is 1. The van der Waals surface area contributed by atoms with Crippen LogP contribution in [0, 0.1) is 11.6 Å². The highest BCUT2D eigenvalue weighted by Gasteiger charge is 2.16. The molecule has 2 aromatic carbocycles. The Morgan fingerprint density at radius 2 is 1.92 bits per heavy atom. The minimum atomic E-state index is -0.860. The van der Waals surface area contributed by atoms with E-state index in [0.717, 1.165) is 12.1 Å². The van der Waals surface area contributed by atoms with Gasteiger partial charge in [0.1, 0.15) is 5.75 Å². The van der Waals surface area contributed by atoms with E-state index in [-0.39, 0.29) is 43.3 Å². The molecule has 0 unspecified atom stereocenters. The summed E-state index contributed by atoms with van der Waals surface area (Å²) in [6, 6.07) is 6.91. The molecule has 134 valence electrons. The smallest absolute Gasteiger partial charge is 0.305 e. The molecule has 0 saturated carbocycles. The molecule has 1 N–H and O–H groups in total. The normalized spacial score (nSPS) is 10.6. The standard InChI is InChI=1S/C18H17BrF2O4/c1-2-24-16(23)7-4-8-25-18-13(20)9-11(10-14(18)21)12-5-3-6-15(22)17(12)19/h3,5-6,9-10,22H,2,4,7-8H2,1H3. The summed E-state index contributed by atoms with van der Waals surface area (Å²) in [5.41, 5.74) is 0.711. The monoisotopic (exact) mass is 414 g/mol. The molecule has 7 heteroatoms. The van der Waals surface area contributed by atoms with Crippen LogP contribution >= 0.6 is 15.9 Å². The third kappa shape index (κ3) is 4.92. The lowest BCUT2D eigenvalue weighted by Crippen LogP contribution is -2.08. The van der Waals surface area contributed by atoms with Crippen LogP contribution in [-0.4, -0.2) is 24.3 Å². The van der Waals surface area contributed by atoms with E-state index >= 15 is 0 Å². The number of halogens is 3. The van der Waals surface area contributed by atoms with Gasteiger partial charge >= 0.3 is 5.97 Å². The maximum absolute atomic E-state index is 14.2. The van der Waals surface area contributed by atoms with Crippen molar-refractivity contribution in [2.24, 2.45) is 0 Å². The number of carbonyl (C=O) groups excluding carboxylic acids is 1. The summed E-state index contributed by atoms with van der Waals surface area (Å²) in [4.78, 5) is 11.2. The molecule has 2 rings (SSSR count). The fourth-order valence-corrected chi connectivity index (χ4v) is 2.71. The molecular formula is C18H17BrF2O4. The molecule has 0 saturated heterocycles. The fraction of sp³-hybridized carbons (Fsp3) is 0.278. The van der Waals surface area contributed by atoms with Crippen molar-refractivity contribution in [1.29, 1.82) is 0 Å². The number of esters is 1. The number of carbonyl (C=O) groups is 1. The molecule has 0 atom stereocenters. The Hall–Kier alpha value is -2.15. The summed E-state index contributed by atoms with van der Waals surface area (Å²) < 4.78 is 38.6. The lowest BCUT2D eigenvalue weighted by Gasteiger charge is -2.11. The van der Waals surface area contributed by atoms with Crippen LogP contribution in [0.2, 0.25) is 0 Å². The molecule has 0 radical (unpaired) electrons. The highest BCUT2D eigenvalue weighted by atomic mass is 79.9. The van der Waals surface area contributed by atoms with Gasteiger partial charge in [-0.15, -0.1) is 0 Å². The molecule has 2 aromatic rings. The maximum atomic E-state index is 14.2. The highest BCUT2D eigenvalue weighted by molar-refractivity contribution is 9.10. The number of rotatable bonds is 7. The predicted octanol–water partition coefficient (Wildman–Crippen LogP) is 4.82. The first-order valence-corrected chi connectivity index (χ1v) is 8.48. The second kappa shape index (κ2) is 8.80. The minimum absolute atomic E-state index is 0.0121. The Morgan fingerprint density at radius 3 is 2.56 bits per heavy atom. The SMILES string of the molecule is CCOC(=O)CCCOc1c(F)cc(-c2cccc(O)c2Br)cc1F. The van der Waals surface area contributed by atoms with Crippen LogP contribution in [0.5, 0.6) is 11.5 Å². The molecular weight excluding hydrogens is 398 g/mol. The predicted molar refractivity (Wildman–Crippen MR) is 92.5 cm³/mol. The van der Waals surface area contributed by atoms with Gasteiger partial charge in [0.2, 0.25) is 0 Å². The van der Waals surface area contributed by atoms with Gasteiger partial charge in [0.15, 0.2) is 17.4 Å². The van der Waals surface area contributed by atoms with Crippen LogP contribution < -0.4 is 4.74 Å². The third-order valence-electron chi connectivity index (χ3n) is 3.36. The van der Waals surface area contributed by atoms with Crippen LogP contribution in [0.1, 0.15) is 19.8 Å². The third-order valence-corrected chi connectivity index (χ3v) is 4.20. The molecule has 0 fully saturated rings. The number of phenols is 1. The van der Waals surface area contributed by atoms with Gasteiger partial charge in [0.25, 0.3) is 0 Å². The van der Waals surface area contributed by atoms with Gasteiger partial charge in [-0.1, -0.05) is 12.1 Å². The molecule has 0 aliphatic carbocycles. The zero-order chi connectivity index (χ0) is 18.4. The van der Waals surface area contributed by atoms with Crippen molar-refractivity contribution < 1.29 is 28.2 Å². The first kappa shape index (κ1) is 19.2. The molecule has 0 aliphatic heterocycles. The van der Waals surface area contributed by atoms with Crippen LogP contribution in [0.15, 0.2) is 34.8 Å². The molecule has 0 spiro atoms. The Balaban J connectivity index is 2.10. The maximum Gasteiger partial charge on any atom is 0.305 e. The van der Waals surface area contributed by atoms with Gasteiger partial charge in [-0.3, -0.25) is 4.79 Å². The first-order chi connectivity index (χ1) is 11.9. The van der Waals surface area contributed by atoms with Crippen molar-refractivity contribution in [2.75, 3.05) is 13.2 Å². The summed E-state index contributed by atoms with van der Waals surface area (Å²) in [5, 5.41) is 9.68. The fourth-order valence-electron chi connectivity index (χ4n) is 2.22. The van der Waals surface area contributed by atoms with E-state index in [0.29, 0.717) is 10.0 Å². The average Bonchev–Trinajstić information content (AvgIpc) is 2.56. The number of ether oxygens (including phenoxy) is 2. The molecule has 0 aromatic heterocycles. The van der Waals surface area contributed by atoms with Crippen molar-refractivity contribution in [3.8, 4) is 22.6 Å². The van der Waals surface area contributed by atoms with Gasteiger partial charge in [-0.2, -0.15) is 0 Å². The zero-order valence-corrected chi connectivity index (χ0v) is 15.1. The van der Waals surface area contributed by atoms with Crippen molar-refractivity contribution in [1.82, 2.24) is 0 Å². The van der Waals surface area contributed by atoms with E-state index < -0.39 is 17.4 Å². The summed E-state index contributed by atoms with van der Waals surface area (Å²) >= 11 is 3.19. The Bertz CT molecular complexity index is 742. The van der Waals surface area contributed by atoms with E-state index in [1.165, 1.54) is 6.07 Å². The Labute approximate surface area is 152 Å². The van der Waals surface area contributed by atoms with Gasteiger partial charge in [-0.25, -0.2) is 8.78 Å². The Morgan fingerprint density at radius 1 is 1.24 bits per heavy atom. The molecule has 0 bridgehead atoms. The number of aromatic hydroxyl groups is 1. The van der Waals surface area contributed by atoms with E-state index in [1.54, 1.807) is 19.1 Å². The molecule has 25 heavy (non-hydrogen) atoms. The number of benzene rings is 2. The summed E-state index contributed by atoms with van der Waals surface area (Å²) in [6.07, 6.45) is 0.406. The van der Waals surface area contributed by atoms with Crippen molar-refractivity contribution in [3.05, 3.63) is 46.4 Å². The summed E-state index contributed by atoms with van der Waals surface area (Å²) in [5.74, 6) is -2.62. The Kier molecular flexibility index (Phi) is 6.75. The van der Waals surface area contributed by atoms with Crippen molar-refractivity contribution in [2.45, 2.75) is 19.8 Å². The van der Waals surface area contributed by atoms with Gasteiger partial charge in [-0.05, 0) is 58.6 Å². The lowest BCUT2D eigenvalue weighted by molar-refractivity contribution is -0.143. The van der Waals surface area contributed by atoms with Crippen LogP contribution in [0.4, 0.5) is 8.78 Å². The highest BCUT2D eigenvalue weighted by Crippen LogP contribution is 2.37. The van der Waals surface area contributed by atoms with E-state index in [4.69, 9.17) is 9.47 Å². The number of hydrogen-bond donors (Lipinski definition) is 1. The average molecular weight is 415 g/mol. The molecule has 0 amide bonds. The molecule has 0 heterocycles. The quantitative estimate of drug-likeness (QED) is 0.521. The summed E-state index contributed by atoms with van der Waals surface area (Å²) in [7, 11) is 0. The van der Waals surface area contributed by atoms with Crippen LogP contribution in [0.3, 0.4) is 0 Å². The second-order valence-corrected chi connectivity index (χ2v) is 5.96. The first-order valence-electron chi connectivity index (χ1n) is 7.69. The topological polar surface area (TPSA) is 55.8 Å². The summed E-state index contributed by atoms with van der Waals surface area (Å²) in [6.45, 7) is 1.97. The van der Waals surface area contributed by atoms with Crippen LogP contribution in [-0.2, 0) is 9.53 Å². The van der Waals surface area contributed by atoms with Gasteiger partial charge in [0.05, 0.1) is 17.7 Å². The zero-order valence-electron chi connectivity index (χ0n) is 13.5. The van der Waals surface area contributed by atoms with E-state index in [9.17, 15) is 18.7 Å². The van der Waals surface area contributed by atoms with E-state index in [1.807, 2.05) is 0 Å². The molecule has 0 aliphatic rings.